The van der Waals surface area contributed by atoms with Gasteiger partial charge in [-0.15, -0.1) is 0 Å². The first-order valence-corrected chi connectivity index (χ1v) is 10.7. The van der Waals surface area contributed by atoms with Crippen LogP contribution in [0.3, 0.4) is 0 Å². The molecule has 1 aliphatic heterocycles. The number of nitrogens with zero attached hydrogens (tertiary/aromatic N) is 2. The van der Waals surface area contributed by atoms with Gasteiger partial charge in [-0.3, -0.25) is 4.79 Å². The molecule has 0 aromatic heterocycles. The summed E-state index contributed by atoms with van der Waals surface area (Å²) < 4.78 is 0. The number of aliphatic imine (C=N–C) groups is 1. The molecule has 0 radical (unpaired) electrons. The molecular formula is C24H20Cl2N4O2. The van der Waals surface area contributed by atoms with Crippen molar-refractivity contribution in [2.24, 2.45) is 4.99 Å². The number of halogens is 2. The fourth-order valence-electron chi connectivity index (χ4n) is 3.46. The highest BCUT2D eigenvalue weighted by atomic mass is 35.5. The highest BCUT2D eigenvalue weighted by molar-refractivity contribution is 6.35. The molecule has 162 valence electrons. The highest BCUT2D eigenvalue weighted by Crippen LogP contribution is 2.27. The van der Waals surface area contributed by atoms with Crippen molar-refractivity contribution >= 4 is 46.5 Å². The molecule has 3 amide bonds. The van der Waals surface area contributed by atoms with Crippen molar-refractivity contribution in [1.82, 2.24) is 10.6 Å². The first kappa shape index (κ1) is 21.9. The number of para-hydroxylation sites is 1. The summed E-state index contributed by atoms with van der Waals surface area (Å²) in [5.41, 5.74) is 3.72. The van der Waals surface area contributed by atoms with E-state index in [0.717, 1.165) is 16.8 Å². The number of carbonyl (C=O) groups is 2. The van der Waals surface area contributed by atoms with Gasteiger partial charge in [-0.2, -0.15) is 0 Å². The summed E-state index contributed by atoms with van der Waals surface area (Å²) in [5.74, 6) is -0.344. The number of rotatable bonds is 4. The van der Waals surface area contributed by atoms with E-state index in [2.05, 4.69) is 15.6 Å². The zero-order valence-corrected chi connectivity index (χ0v) is 18.7. The van der Waals surface area contributed by atoms with E-state index in [1.54, 1.807) is 25.2 Å². The minimum atomic E-state index is -1.09. The van der Waals surface area contributed by atoms with Gasteiger partial charge in [0.05, 0.1) is 11.4 Å². The number of anilines is 1. The second kappa shape index (κ2) is 9.42. The van der Waals surface area contributed by atoms with Gasteiger partial charge in [0.2, 0.25) is 6.17 Å². The van der Waals surface area contributed by atoms with Crippen LogP contribution < -0.4 is 15.5 Å². The molecule has 0 bridgehead atoms. The Morgan fingerprint density at radius 1 is 1.03 bits per heavy atom. The van der Waals surface area contributed by atoms with E-state index in [1.165, 1.54) is 4.90 Å². The minimum Gasteiger partial charge on any atom is -0.334 e. The maximum absolute atomic E-state index is 13.1. The van der Waals surface area contributed by atoms with E-state index >= 15 is 0 Å². The van der Waals surface area contributed by atoms with Crippen molar-refractivity contribution in [3.05, 3.63) is 99.5 Å². The Hall–Kier alpha value is -3.35. The van der Waals surface area contributed by atoms with Gasteiger partial charge in [0, 0.05) is 34.8 Å². The highest BCUT2D eigenvalue weighted by Gasteiger charge is 2.30. The Morgan fingerprint density at radius 2 is 1.75 bits per heavy atom. The molecule has 1 aliphatic rings. The third-order valence-corrected chi connectivity index (χ3v) is 5.70. The van der Waals surface area contributed by atoms with Gasteiger partial charge >= 0.3 is 6.03 Å². The number of nitrogens with one attached hydrogen (secondary N) is 2. The van der Waals surface area contributed by atoms with Crippen LogP contribution in [0.15, 0.2) is 77.8 Å². The van der Waals surface area contributed by atoms with Crippen molar-refractivity contribution in [3.8, 4) is 0 Å². The molecule has 1 atom stereocenters. The van der Waals surface area contributed by atoms with Crippen molar-refractivity contribution in [3.63, 3.8) is 0 Å². The first-order chi connectivity index (χ1) is 15.4. The molecule has 0 saturated carbocycles. The lowest BCUT2D eigenvalue weighted by atomic mass is 10.0. The van der Waals surface area contributed by atoms with Crippen LogP contribution in [-0.4, -0.2) is 30.9 Å². The van der Waals surface area contributed by atoms with Crippen LogP contribution in [0, 0.1) is 0 Å². The average Bonchev–Trinajstić information content (AvgIpc) is 2.90. The topological polar surface area (TPSA) is 73.8 Å². The van der Waals surface area contributed by atoms with Crippen LogP contribution in [0.2, 0.25) is 10.0 Å². The third kappa shape index (κ3) is 4.61. The van der Waals surface area contributed by atoms with Gasteiger partial charge in [-0.1, -0.05) is 77.8 Å². The molecule has 0 fully saturated rings. The van der Waals surface area contributed by atoms with E-state index in [0.29, 0.717) is 21.3 Å². The summed E-state index contributed by atoms with van der Waals surface area (Å²) >= 11 is 12.1. The SMILES string of the molecule is CN1C(=O)[C@H](NC(=O)NCc2ccc(Cl)cc2Cl)N=C(c2ccccc2)c2ccccc21. The van der Waals surface area contributed by atoms with Gasteiger partial charge in [0.15, 0.2) is 0 Å². The van der Waals surface area contributed by atoms with Crippen LogP contribution in [0.1, 0.15) is 16.7 Å². The Morgan fingerprint density at radius 3 is 2.50 bits per heavy atom. The number of carbonyl (C=O) groups excluding carboxylic acids is 2. The Bertz CT molecular complexity index is 1200. The summed E-state index contributed by atoms with van der Waals surface area (Å²) in [6.45, 7) is 0.175. The summed E-state index contributed by atoms with van der Waals surface area (Å²) in [7, 11) is 1.67. The summed E-state index contributed by atoms with van der Waals surface area (Å²) in [5, 5.41) is 6.36. The van der Waals surface area contributed by atoms with Gasteiger partial charge in [-0.05, 0) is 23.8 Å². The van der Waals surface area contributed by atoms with E-state index in [4.69, 9.17) is 23.2 Å². The lowest BCUT2D eigenvalue weighted by molar-refractivity contribution is -0.119. The van der Waals surface area contributed by atoms with Crippen molar-refractivity contribution in [1.29, 1.82) is 0 Å². The fourth-order valence-corrected chi connectivity index (χ4v) is 3.93. The molecule has 2 N–H and O–H groups in total. The minimum absolute atomic E-state index is 0.175. The molecule has 6 nitrogen and oxygen atoms in total. The standard InChI is InChI=1S/C24H20Cl2N4O2/c1-30-20-10-6-5-9-18(20)21(15-7-3-2-4-8-15)28-22(23(30)31)29-24(32)27-14-16-11-12-17(25)13-19(16)26/h2-13,22H,14H2,1H3,(H2,27,29,32)/t22-/m0/s1. The van der Waals surface area contributed by atoms with E-state index < -0.39 is 12.2 Å². The van der Waals surface area contributed by atoms with Gasteiger partial charge in [0.25, 0.3) is 5.91 Å². The first-order valence-electron chi connectivity index (χ1n) is 9.92. The number of likely N-dealkylation sites (N-methyl/N-ethyl adjacent to an activating group) is 1. The molecule has 3 aromatic rings. The summed E-state index contributed by atoms with van der Waals surface area (Å²) in [4.78, 5) is 31.9. The van der Waals surface area contributed by atoms with Crippen LogP contribution in [0.25, 0.3) is 0 Å². The number of fused-ring (bicyclic) bond motifs is 1. The van der Waals surface area contributed by atoms with Gasteiger partial charge in [-0.25, -0.2) is 9.79 Å². The Labute approximate surface area is 195 Å². The normalized spacial score (nSPS) is 15.5. The second-order valence-corrected chi connectivity index (χ2v) is 8.07. The second-order valence-electron chi connectivity index (χ2n) is 7.22. The van der Waals surface area contributed by atoms with Crippen LogP contribution >= 0.6 is 23.2 Å². The summed E-state index contributed by atoms with van der Waals surface area (Å²) in [6.07, 6.45) is -1.09. The van der Waals surface area contributed by atoms with E-state index in [-0.39, 0.29) is 12.5 Å². The molecule has 0 unspecified atom stereocenters. The molecule has 3 aromatic carbocycles. The number of benzene rings is 3. The maximum atomic E-state index is 13.1. The third-order valence-electron chi connectivity index (χ3n) is 5.11. The quantitative estimate of drug-likeness (QED) is 0.587. The zero-order chi connectivity index (χ0) is 22.7. The predicted molar refractivity (Wildman–Crippen MR) is 128 cm³/mol. The number of benzodiazepines with no additional fused rings is 1. The molecule has 0 spiro atoms. The molecule has 8 heteroatoms. The van der Waals surface area contributed by atoms with Crippen LogP contribution in [0.5, 0.6) is 0 Å². The fraction of sp³-hybridized carbons (Fsp3) is 0.125. The lowest BCUT2D eigenvalue weighted by Gasteiger charge is -2.21. The largest absolute Gasteiger partial charge is 0.334 e. The Kier molecular flexibility index (Phi) is 6.44. The number of hydrogen-bond donors (Lipinski definition) is 2. The summed E-state index contributed by atoms with van der Waals surface area (Å²) in [6, 6.07) is 21.6. The maximum Gasteiger partial charge on any atom is 0.317 e. The van der Waals surface area contributed by atoms with E-state index in [1.807, 2.05) is 54.6 Å². The van der Waals surface area contributed by atoms with Crippen LogP contribution in [-0.2, 0) is 11.3 Å². The van der Waals surface area contributed by atoms with Gasteiger partial charge in [0.1, 0.15) is 0 Å². The van der Waals surface area contributed by atoms with Crippen molar-refractivity contribution in [2.45, 2.75) is 12.7 Å². The molecular weight excluding hydrogens is 447 g/mol. The molecule has 0 aliphatic carbocycles. The Balaban J connectivity index is 1.60. The van der Waals surface area contributed by atoms with Crippen molar-refractivity contribution in [2.75, 3.05) is 11.9 Å². The molecule has 4 rings (SSSR count). The smallest absolute Gasteiger partial charge is 0.317 e. The van der Waals surface area contributed by atoms with Crippen LogP contribution in [0.4, 0.5) is 10.5 Å². The molecule has 32 heavy (non-hydrogen) atoms. The zero-order valence-electron chi connectivity index (χ0n) is 17.2. The number of urea groups is 1. The monoisotopic (exact) mass is 466 g/mol. The average molecular weight is 467 g/mol. The lowest BCUT2D eigenvalue weighted by Crippen LogP contribution is -2.49. The van der Waals surface area contributed by atoms with E-state index in [9.17, 15) is 9.59 Å². The van der Waals surface area contributed by atoms with Crippen molar-refractivity contribution < 1.29 is 9.59 Å². The molecule has 1 heterocycles. The predicted octanol–water partition coefficient (Wildman–Crippen LogP) is 4.63. The number of amides is 3. The van der Waals surface area contributed by atoms with Gasteiger partial charge < -0.3 is 15.5 Å². The molecule has 0 saturated heterocycles. The number of hydrogen-bond acceptors (Lipinski definition) is 3.